The maximum absolute atomic E-state index is 11.5. The molecule has 1 spiro atoms. The third-order valence-electron chi connectivity index (χ3n) is 5.78. The third kappa shape index (κ3) is 2.14. The van der Waals surface area contributed by atoms with Gasteiger partial charge in [-0.05, 0) is 49.3 Å². The number of carbonyl (C=O) groups excluding carboxylic acids is 1. The number of aromatic nitrogens is 1. The van der Waals surface area contributed by atoms with Crippen molar-refractivity contribution in [2.45, 2.75) is 38.3 Å². The highest BCUT2D eigenvalue weighted by Crippen LogP contribution is 2.49. The van der Waals surface area contributed by atoms with E-state index in [4.69, 9.17) is 5.21 Å². The van der Waals surface area contributed by atoms with Crippen LogP contribution in [0.15, 0.2) is 12.3 Å². The number of rotatable bonds is 2. The van der Waals surface area contributed by atoms with Crippen molar-refractivity contribution in [3.05, 3.63) is 29.1 Å². The van der Waals surface area contributed by atoms with Gasteiger partial charge >= 0.3 is 0 Å². The Labute approximate surface area is 129 Å². The zero-order chi connectivity index (χ0) is 15.2. The summed E-state index contributed by atoms with van der Waals surface area (Å²) in [6, 6.07) is 2.54. The van der Waals surface area contributed by atoms with Gasteiger partial charge in [-0.2, -0.15) is 0 Å². The number of carbonyl (C=O) groups is 1. The summed E-state index contributed by atoms with van der Waals surface area (Å²) in [7, 11) is 0. The lowest BCUT2D eigenvalue weighted by molar-refractivity contribution is -0.0211. The average Bonchev–Trinajstić information content (AvgIpc) is 3.05. The molecule has 3 N–H and O–H groups in total. The first kappa shape index (κ1) is 14.1. The van der Waals surface area contributed by atoms with Crippen molar-refractivity contribution in [1.29, 1.82) is 0 Å². The molecule has 6 heteroatoms. The molecule has 1 aromatic heterocycles. The Hall–Kier alpha value is -1.50. The zero-order valence-electron chi connectivity index (χ0n) is 12.6. The van der Waals surface area contributed by atoms with E-state index in [1.165, 1.54) is 19.3 Å². The van der Waals surface area contributed by atoms with E-state index in [1.54, 1.807) is 11.7 Å². The van der Waals surface area contributed by atoms with Crippen molar-refractivity contribution >= 4 is 5.91 Å². The topological polar surface area (TPSA) is 77.5 Å². The molecule has 3 aliphatic rings. The van der Waals surface area contributed by atoms with Crippen LogP contribution in [-0.2, 0) is 13.0 Å². The van der Waals surface area contributed by atoms with Gasteiger partial charge in [0.15, 0.2) is 0 Å². The number of fused-ring (bicyclic) bond motifs is 1. The number of hydrogen-bond acceptors (Lipinski definition) is 5. The van der Waals surface area contributed by atoms with E-state index in [-0.39, 0.29) is 0 Å². The van der Waals surface area contributed by atoms with Gasteiger partial charge in [0.05, 0.1) is 11.3 Å². The van der Waals surface area contributed by atoms with Crippen LogP contribution in [0, 0.1) is 5.41 Å². The zero-order valence-corrected chi connectivity index (χ0v) is 12.6. The normalized spacial score (nSPS) is 30.9. The Balaban J connectivity index is 1.51. The van der Waals surface area contributed by atoms with Gasteiger partial charge in [-0.25, -0.2) is 5.48 Å². The summed E-state index contributed by atoms with van der Waals surface area (Å²) in [6.45, 7) is 4.22. The Morgan fingerprint density at radius 1 is 1.50 bits per heavy atom. The predicted octanol–water partition coefficient (Wildman–Crippen LogP) is 0.701. The van der Waals surface area contributed by atoms with E-state index in [0.717, 1.165) is 43.9 Å². The van der Waals surface area contributed by atoms with Crippen LogP contribution in [0.4, 0.5) is 0 Å². The van der Waals surface area contributed by atoms with Crippen LogP contribution in [0.2, 0.25) is 0 Å². The summed E-state index contributed by atoms with van der Waals surface area (Å²) in [5.41, 5.74) is 4.80. The SMILES string of the molecule is O=C(NO)c1cnc2c(c1)CCN([C@@H]1CC[C@]13CCNC3)C2. The summed E-state index contributed by atoms with van der Waals surface area (Å²) in [4.78, 5) is 18.5. The minimum Gasteiger partial charge on any atom is -0.316 e. The van der Waals surface area contributed by atoms with Gasteiger partial charge < -0.3 is 5.32 Å². The maximum Gasteiger partial charge on any atom is 0.276 e. The molecule has 1 amide bonds. The first-order valence-corrected chi connectivity index (χ1v) is 8.09. The molecule has 118 valence electrons. The van der Waals surface area contributed by atoms with Crippen molar-refractivity contribution in [2.75, 3.05) is 19.6 Å². The molecule has 0 unspecified atom stereocenters. The van der Waals surface area contributed by atoms with Crippen LogP contribution in [0.1, 0.15) is 40.9 Å². The van der Waals surface area contributed by atoms with Crippen molar-refractivity contribution in [3.63, 3.8) is 0 Å². The molecule has 2 atom stereocenters. The van der Waals surface area contributed by atoms with Crippen LogP contribution in [0.3, 0.4) is 0 Å². The highest BCUT2D eigenvalue weighted by Gasteiger charge is 2.51. The van der Waals surface area contributed by atoms with Crippen LogP contribution in [0.25, 0.3) is 0 Å². The fourth-order valence-corrected chi connectivity index (χ4v) is 4.40. The van der Waals surface area contributed by atoms with Gasteiger partial charge in [0.1, 0.15) is 0 Å². The number of amides is 1. The Morgan fingerprint density at radius 2 is 2.41 bits per heavy atom. The van der Waals surface area contributed by atoms with Gasteiger partial charge in [-0.3, -0.25) is 19.9 Å². The van der Waals surface area contributed by atoms with E-state index >= 15 is 0 Å². The van der Waals surface area contributed by atoms with Crippen LogP contribution in [-0.4, -0.2) is 46.7 Å². The van der Waals surface area contributed by atoms with Crippen LogP contribution < -0.4 is 10.8 Å². The van der Waals surface area contributed by atoms with E-state index in [1.807, 2.05) is 6.07 Å². The summed E-state index contributed by atoms with van der Waals surface area (Å²) in [5, 5.41) is 12.2. The highest BCUT2D eigenvalue weighted by atomic mass is 16.5. The molecule has 1 saturated heterocycles. The second-order valence-electron chi connectivity index (χ2n) is 6.83. The number of hydrogen-bond donors (Lipinski definition) is 3. The number of pyridine rings is 1. The Bertz CT molecular complexity index is 598. The summed E-state index contributed by atoms with van der Waals surface area (Å²) < 4.78 is 0. The molecule has 2 fully saturated rings. The standard InChI is InChI=1S/C16H22N4O2/c21-15(19-22)12-7-11-2-6-20(9-13(11)18-8-12)14-1-3-16(14)4-5-17-10-16/h7-8,14,17,22H,1-6,9-10H2,(H,19,21)/t14-,16-/m1/s1. The molecule has 0 bridgehead atoms. The molecule has 4 rings (SSSR count). The second-order valence-corrected chi connectivity index (χ2v) is 6.83. The summed E-state index contributed by atoms with van der Waals surface area (Å²) in [6.07, 6.45) is 6.42. The number of nitrogens with zero attached hydrogens (tertiary/aromatic N) is 2. The molecular formula is C16H22N4O2. The Kier molecular flexibility index (Phi) is 3.40. The van der Waals surface area contributed by atoms with Crippen molar-refractivity contribution in [1.82, 2.24) is 20.7 Å². The average molecular weight is 302 g/mol. The second kappa shape index (κ2) is 5.30. The fraction of sp³-hybridized carbons (Fsp3) is 0.625. The molecule has 2 aliphatic heterocycles. The first-order valence-electron chi connectivity index (χ1n) is 8.09. The van der Waals surface area contributed by atoms with Crippen molar-refractivity contribution in [2.24, 2.45) is 5.41 Å². The number of hydroxylamine groups is 1. The van der Waals surface area contributed by atoms with Gasteiger partial charge in [0, 0.05) is 31.9 Å². The molecular weight excluding hydrogens is 280 g/mol. The van der Waals surface area contributed by atoms with Gasteiger partial charge in [0.25, 0.3) is 5.91 Å². The van der Waals surface area contributed by atoms with Gasteiger partial charge in [-0.15, -0.1) is 0 Å². The first-order chi connectivity index (χ1) is 10.7. The van der Waals surface area contributed by atoms with E-state index in [0.29, 0.717) is 17.0 Å². The lowest BCUT2D eigenvalue weighted by Crippen LogP contribution is -2.57. The van der Waals surface area contributed by atoms with E-state index in [9.17, 15) is 4.79 Å². The van der Waals surface area contributed by atoms with E-state index < -0.39 is 5.91 Å². The summed E-state index contributed by atoms with van der Waals surface area (Å²) in [5.74, 6) is -0.493. The quantitative estimate of drug-likeness (QED) is 0.554. The monoisotopic (exact) mass is 302 g/mol. The number of nitrogens with one attached hydrogen (secondary N) is 2. The molecule has 22 heavy (non-hydrogen) atoms. The maximum atomic E-state index is 11.5. The molecule has 1 aromatic rings. The highest BCUT2D eigenvalue weighted by molar-refractivity contribution is 5.93. The van der Waals surface area contributed by atoms with Crippen LogP contribution in [0.5, 0.6) is 0 Å². The summed E-state index contributed by atoms with van der Waals surface area (Å²) >= 11 is 0. The predicted molar refractivity (Wildman–Crippen MR) is 80.5 cm³/mol. The van der Waals surface area contributed by atoms with Crippen LogP contribution >= 0.6 is 0 Å². The largest absolute Gasteiger partial charge is 0.316 e. The van der Waals surface area contributed by atoms with Crippen molar-refractivity contribution in [3.8, 4) is 0 Å². The smallest absolute Gasteiger partial charge is 0.276 e. The van der Waals surface area contributed by atoms with Crippen molar-refractivity contribution < 1.29 is 10.0 Å². The lowest BCUT2D eigenvalue weighted by atomic mass is 9.63. The third-order valence-corrected chi connectivity index (χ3v) is 5.78. The minimum absolute atomic E-state index is 0.426. The molecule has 6 nitrogen and oxygen atoms in total. The molecule has 3 heterocycles. The van der Waals surface area contributed by atoms with Gasteiger partial charge in [0.2, 0.25) is 0 Å². The van der Waals surface area contributed by atoms with Gasteiger partial charge in [-0.1, -0.05) is 0 Å². The fourth-order valence-electron chi connectivity index (χ4n) is 4.40. The molecule has 0 radical (unpaired) electrons. The Morgan fingerprint density at radius 3 is 3.09 bits per heavy atom. The van der Waals surface area contributed by atoms with E-state index in [2.05, 4.69) is 15.2 Å². The molecule has 1 aliphatic carbocycles. The lowest BCUT2D eigenvalue weighted by Gasteiger charge is -2.53. The molecule has 0 aromatic carbocycles. The molecule has 1 saturated carbocycles. The minimum atomic E-state index is -0.493.